The molecule has 2 aromatic rings. The first-order valence-corrected chi connectivity index (χ1v) is 11.4. The smallest absolute Gasteiger partial charge is 0.265 e. The van der Waals surface area contributed by atoms with E-state index >= 15 is 0 Å². The third kappa shape index (κ3) is 4.09. The summed E-state index contributed by atoms with van der Waals surface area (Å²) in [7, 11) is -6.05. The number of rotatable bonds is 7. The van der Waals surface area contributed by atoms with Crippen molar-refractivity contribution >= 4 is 25.7 Å². The first-order valence-electron chi connectivity index (χ1n) is 8.52. The summed E-state index contributed by atoms with van der Waals surface area (Å²) in [6.45, 7) is 2.94. The maximum absolute atomic E-state index is 13.0. The van der Waals surface area contributed by atoms with E-state index in [-0.39, 0.29) is 21.2 Å². The maximum atomic E-state index is 13.0. The second kappa shape index (κ2) is 7.49. The Bertz CT molecular complexity index is 1020. The summed E-state index contributed by atoms with van der Waals surface area (Å²) in [6.07, 6.45) is 4.19. The van der Waals surface area contributed by atoms with Crippen molar-refractivity contribution < 1.29 is 21.6 Å². The lowest BCUT2D eigenvalue weighted by Gasteiger charge is -2.19. The Kier molecular flexibility index (Phi) is 5.45. The lowest BCUT2D eigenvalue weighted by Crippen LogP contribution is -2.28. The van der Waals surface area contributed by atoms with Gasteiger partial charge in [-0.3, -0.25) is 9.40 Å². The molecule has 0 spiro atoms. The van der Waals surface area contributed by atoms with Gasteiger partial charge in [0.1, 0.15) is 15.5 Å². The molecule has 3 rings (SSSR count). The van der Waals surface area contributed by atoms with E-state index < -0.39 is 20.0 Å². The zero-order valence-corrected chi connectivity index (χ0v) is 16.8. The van der Waals surface area contributed by atoms with Crippen molar-refractivity contribution in [1.82, 2.24) is 14.1 Å². The van der Waals surface area contributed by atoms with Crippen LogP contribution in [0.1, 0.15) is 19.8 Å². The minimum absolute atomic E-state index is 0.0113. The van der Waals surface area contributed by atoms with Crippen molar-refractivity contribution in [2.75, 3.05) is 24.4 Å². The van der Waals surface area contributed by atoms with Crippen LogP contribution < -0.4 is 9.46 Å². The Hall–Kier alpha value is -2.11. The van der Waals surface area contributed by atoms with Crippen LogP contribution in [0.3, 0.4) is 0 Å². The second-order valence-electron chi connectivity index (χ2n) is 6.16. The molecule has 0 atom stereocenters. The average Bonchev–Trinajstić information content (AvgIpc) is 3.28. The van der Waals surface area contributed by atoms with E-state index in [9.17, 15) is 16.8 Å². The van der Waals surface area contributed by atoms with E-state index in [1.165, 1.54) is 39.6 Å². The van der Waals surface area contributed by atoms with Gasteiger partial charge in [0.25, 0.3) is 10.0 Å². The molecular weight excluding hydrogens is 392 g/mol. The molecule has 1 saturated heterocycles. The summed E-state index contributed by atoms with van der Waals surface area (Å²) in [5, 5.41) is 3.85. The van der Waals surface area contributed by atoms with Crippen molar-refractivity contribution in [3.05, 3.63) is 30.6 Å². The Morgan fingerprint density at radius 2 is 1.89 bits per heavy atom. The molecule has 27 heavy (non-hydrogen) atoms. The molecule has 1 aliphatic rings. The summed E-state index contributed by atoms with van der Waals surface area (Å²) in [6, 6.07) is 4.24. The van der Waals surface area contributed by atoms with Gasteiger partial charge in [-0.05, 0) is 38.0 Å². The first kappa shape index (κ1) is 19.6. The third-order valence-corrected chi connectivity index (χ3v) is 7.43. The molecule has 1 fully saturated rings. The molecule has 148 valence electrons. The zero-order chi connectivity index (χ0) is 19.7. The van der Waals surface area contributed by atoms with Gasteiger partial charge in [-0.15, -0.1) is 0 Å². The number of sulfonamides is 2. The Morgan fingerprint density at radius 1 is 1.19 bits per heavy atom. The van der Waals surface area contributed by atoms with Crippen LogP contribution in [-0.2, 0) is 27.1 Å². The first-order chi connectivity index (χ1) is 12.7. The van der Waals surface area contributed by atoms with Crippen molar-refractivity contribution in [2.45, 2.75) is 29.6 Å². The van der Waals surface area contributed by atoms with Crippen LogP contribution in [-0.4, -0.2) is 50.6 Å². The second-order valence-corrected chi connectivity index (χ2v) is 9.75. The van der Waals surface area contributed by atoms with Crippen LogP contribution in [0, 0.1) is 0 Å². The molecule has 0 radical (unpaired) electrons. The zero-order valence-electron chi connectivity index (χ0n) is 15.1. The van der Waals surface area contributed by atoms with Crippen LogP contribution >= 0.6 is 0 Å². The van der Waals surface area contributed by atoms with E-state index in [0.717, 1.165) is 12.8 Å². The molecule has 1 aromatic carbocycles. The van der Waals surface area contributed by atoms with Crippen LogP contribution in [0.2, 0.25) is 0 Å². The molecule has 9 nitrogen and oxygen atoms in total. The lowest BCUT2D eigenvalue weighted by atomic mass is 10.3. The number of nitrogens with one attached hydrogen (secondary N) is 1. The van der Waals surface area contributed by atoms with E-state index in [4.69, 9.17) is 4.74 Å². The van der Waals surface area contributed by atoms with Gasteiger partial charge < -0.3 is 4.74 Å². The predicted molar refractivity (Wildman–Crippen MR) is 99.6 cm³/mol. The number of aromatic nitrogens is 2. The minimum atomic E-state index is -3.88. The molecule has 11 heteroatoms. The Labute approximate surface area is 159 Å². The quantitative estimate of drug-likeness (QED) is 0.733. The van der Waals surface area contributed by atoms with Crippen LogP contribution in [0.15, 0.2) is 40.4 Å². The highest BCUT2D eigenvalue weighted by atomic mass is 32.2. The number of benzene rings is 1. The number of nitrogens with zero attached hydrogens (tertiary/aromatic N) is 3. The number of anilines is 1. The molecule has 0 saturated carbocycles. The van der Waals surface area contributed by atoms with Gasteiger partial charge in [0.15, 0.2) is 0 Å². The number of ether oxygens (including phenoxy) is 1. The van der Waals surface area contributed by atoms with E-state index in [1.807, 2.05) is 0 Å². The van der Waals surface area contributed by atoms with Crippen LogP contribution in [0.25, 0.3) is 0 Å². The molecule has 0 amide bonds. The van der Waals surface area contributed by atoms with Gasteiger partial charge in [0, 0.05) is 26.3 Å². The average molecular weight is 415 g/mol. The topological polar surface area (TPSA) is 111 Å². The highest BCUT2D eigenvalue weighted by Crippen LogP contribution is 2.32. The highest BCUT2D eigenvalue weighted by Gasteiger charge is 2.30. The minimum Gasteiger partial charge on any atom is -0.492 e. The monoisotopic (exact) mass is 414 g/mol. The van der Waals surface area contributed by atoms with Gasteiger partial charge in [0.2, 0.25) is 10.0 Å². The number of hydrogen-bond donors (Lipinski definition) is 1. The van der Waals surface area contributed by atoms with Crippen LogP contribution in [0.4, 0.5) is 5.69 Å². The van der Waals surface area contributed by atoms with Crippen molar-refractivity contribution in [3.8, 4) is 5.75 Å². The fourth-order valence-corrected chi connectivity index (χ4v) is 5.57. The van der Waals surface area contributed by atoms with Gasteiger partial charge in [-0.2, -0.15) is 9.40 Å². The molecule has 1 aromatic heterocycles. The van der Waals surface area contributed by atoms with E-state index in [2.05, 4.69) is 9.82 Å². The van der Waals surface area contributed by atoms with E-state index in [0.29, 0.717) is 19.7 Å². The lowest BCUT2D eigenvalue weighted by molar-refractivity contribution is 0.330. The molecule has 0 bridgehead atoms. The number of hydrogen-bond acceptors (Lipinski definition) is 6. The fourth-order valence-electron chi connectivity index (χ4n) is 2.87. The molecular formula is C16H22N4O5S2. The normalized spacial score (nSPS) is 15.8. The number of aryl methyl sites for hydroxylation is 1. The summed E-state index contributed by atoms with van der Waals surface area (Å²) in [4.78, 5) is -0.0551. The molecule has 2 heterocycles. The van der Waals surface area contributed by atoms with Crippen molar-refractivity contribution in [1.29, 1.82) is 0 Å². The van der Waals surface area contributed by atoms with Crippen molar-refractivity contribution in [3.63, 3.8) is 0 Å². The van der Waals surface area contributed by atoms with Gasteiger partial charge in [-0.25, -0.2) is 16.8 Å². The van der Waals surface area contributed by atoms with Crippen LogP contribution in [0.5, 0.6) is 5.75 Å². The standard InChI is InChI=1S/C16H22N4O5S2/c1-3-25-15-7-6-13(18-26(21,22)14-11-17-19(2)12-14)10-16(15)27(23,24)20-8-4-5-9-20/h6-7,10-12,18H,3-5,8-9H2,1-2H3. The van der Waals surface area contributed by atoms with Crippen molar-refractivity contribution in [2.24, 2.45) is 7.05 Å². The van der Waals surface area contributed by atoms with E-state index in [1.54, 1.807) is 14.0 Å². The van der Waals surface area contributed by atoms with Gasteiger partial charge >= 0.3 is 0 Å². The summed E-state index contributed by atoms with van der Waals surface area (Å²) in [5.41, 5.74) is 0.139. The molecule has 1 N–H and O–H groups in total. The Morgan fingerprint density at radius 3 is 2.48 bits per heavy atom. The SMILES string of the molecule is CCOc1ccc(NS(=O)(=O)c2cnn(C)c2)cc1S(=O)(=O)N1CCCC1. The molecule has 0 aliphatic carbocycles. The highest BCUT2D eigenvalue weighted by molar-refractivity contribution is 7.92. The predicted octanol–water partition coefficient (Wildman–Crippen LogP) is 1.40. The fraction of sp³-hybridized carbons (Fsp3) is 0.438. The van der Waals surface area contributed by atoms with Gasteiger partial charge in [0.05, 0.1) is 18.5 Å². The maximum Gasteiger partial charge on any atom is 0.265 e. The summed E-state index contributed by atoms with van der Waals surface area (Å²) in [5.74, 6) is 0.203. The summed E-state index contributed by atoms with van der Waals surface area (Å²) >= 11 is 0. The van der Waals surface area contributed by atoms with Gasteiger partial charge in [-0.1, -0.05) is 0 Å². The third-order valence-electron chi connectivity index (χ3n) is 4.17. The molecule has 0 unspecified atom stereocenters. The largest absolute Gasteiger partial charge is 0.492 e. The summed E-state index contributed by atoms with van der Waals surface area (Å²) < 4.78 is 61.6. The molecule has 1 aliphatic heterocycles. The Balaban J connectivity index is 1.98.